The van der Waals surface area contributed by atoms with Crippen LogP contribution in [-0.2, 0) is 0 Å². The molecule has 0 bridgehead atoms. The molecule has 64 heavy (non-hydrogen) atoms. The third-order valence-corrected chi connectivity index (χ3v) is 15.7. The summed E-state index contributed by atoms with van der Waals surface area (Å²) < 4.78 is 10.5. The summed E-state index contributed by atoms with van der Waals surface area (Å²) in [5, 5.41) is 14.3. The maximum absolute atomic E-state index is 5.60. The minimum Gasteiger partial charge on any atom is -0.360 e. The standard InChI is InChI=1S/C58H38N4S2/c1-3-15-35(16-4-1)46-34-47(36-17-5-2-6-18-36)60-58(59-46)37-31-38(61-48-23-11-7-19-40(48)42-27-29-52-54(56(42)61)44-21-9-13-25-50(44)63-52)33-39(32-37)62-49-24-12-8-20-41(49)43-28-30-53-55(57(43)62)45-22-10-14-26-51(45)64-53/h1-32,34,38,58-59H,33H2. The molecule has 2 unspecified atom stereocenters. The first-order chi connectivity index (χ1) is 31.7. The van der Waals surface area contributed by atoms with Crippen molar-refractivity contribution in [1.29, 1.82) is 0 Å². The van der Waals surface area contributed by atoms with Gasteiger partial charge in [-0.25, -0.2) is 0 Å². The zero-order chi connectivity index (χ0) is 41.9. The van der Waals surface area contributed by atoms with Gasteiger partial charge in [0.1, 0.15) is 6.17 Å². The molecule has 4 aromatic heterocycles. The lowest BCUT2D eigenvalue weighted by Crippen LogP contribution is -2.33. The molecule has 14 rings (SSSR count). The number of rotatable bonds is 5. The summed E-state index contributed by atoms with van der Waals surface area (Å²) in [5.74, 6) is 0. The summed E-state index contributed by atoms with van der Waals surface area (Å²) in [4.78, 5) is 5.60. The molecular weight excluding hydrogens is 817 g/mol. The van der Waals surface area contributed by atoms with E-state index in [1.807, 2.05) is 22.7 Å². The van der Waals surface area contributed by atoms with Gasteiger partial charge < -0.3 is 14.5 Å². The smallest absolute Gasteiger partial charge is 0.145 e. The van der Waals surface area contributed by atoms with Gasteiger partial charge in [-0.3, -0.25) is 4.99 Å². The maximum atomic E-state index is 5.60. The van der Waals surface area contributed by atoms with Crippen LogP contribution in [0.1, 0.15) is 23.6 Å². The molecule has 4 nitrogen and oxygen atoms in total. The summed E-state index contributed by atoms with van der Waals surface area (Å²) >= 11 is 3.77. The number of nitrogens with one attached hydrogen (secondary N) is 1. The van der Waals surface area contributed by atoms with Gasteiger partial charge in [-0.05, 0) is 65.3 Å². The molecule has 8 aromatic carbocycles. The number of aliphatic imine (C=N–C) groups is 1. The molecule has 0 saturated carbocycles. The van der Waals surface area contributed by atoms with Crippen LogP contribution in [0.15, 0.2) is 211 Å². The Balaban J connectivity index is 1.08. The molecule has 0 fully saturated rings. The van der Waals surface area contributed by atoms with E-state index in [-0.39, 0.29) is 12.2 Å². The molecule has 0 amide bonds. The fourth-order valence-electron chi connectivity index (χ4n) is 10.7. The van der Waals surface area contributed by atoms with Gasteiger partial charge in [-0.2, -0.15) is 0 Å². The van der Waals surface area contributed by atoms with Gasteiger partial charge in [0.05, 0.1) is 28.3 Å². The highest BCUT2D eigenvalue weighted by Crippen LogP contribution is 2.48. The van der Waals surface area contributed by atoms with Crippen LogP contribution in [0.3, 0.4) is 0 Å². The van der Waals surface area contributed by atoms with Crippen molar-refractivity contribution >= 4 is 124 Å². The first-order valence-corrected chi connectivity index (χ1v) is 23.6. The van der Waals surface area contributed by atoms with E-state index < -0.39 is 0 Å². The third-order valence-electron chi connectivity index (χ3n) is 13.5. The molecular formula is C58H38N4S2. The number of thiophene rings is 2. The van der Waals surface area contributed by atoms with Crippen molar-refractivity contribution in [3.63, 3.8) is 0 Å². The number of para-hydroxylation sites is 2. The highest BCUT2D eigenvalue weighted by molar-refractivity contribution is 7.26. The molecule has 1 N–H and O–H groups in total. The lowest BCUT2D eigenvalue weighted by Gasteiger charge is -2.31. The van der Waals surface area contributed by atoms with E-state index in [1.54, 1.807) is 0 Å². The van der Waals surface area contributed by atoms with E-state index in [1.165, 1.54) is 89.7 Å². The van der Waals surface area contributed by atoms with E-state index in [4.69, 9.17) is 4.99 Å². The quantitative estimate of drug-likeness (QED) is 0.184. The van der Waals surface area contributed by atoms with Gasteiger partial charge in [0.15, 0.2) is 0 Å². The van der Waals surface area contributed by atoms with Crippen molar-refractivity contribution < 1.29 is 0 Å². The van der Waals surface area contributed by atoms with Crippen molar-refractivity contribution in [2.45, 2.75) is 18.6 Å². The van der Waals surface area contributed by atoms with Crippen LogP contribution in [0.2, 0.25) is 0 Å². The first kappa shape index (κ1) is 36.0. The van der Waals surface area contributed by atoms with E-state index in [9.17, 15) is 0 Å². The Morgan fingerprint density at radius 1 is 0.469 bits per heavy atom. The molecule has 0 spiro atoms. The van der Waals surface area contributed by atoms with Gasteiger partial charge in [0.2, 0.25) is 0 Å². The predicted octanol–water partition coefficient (Wildman–Crippen LogP) is 15.5. The second-order valence-corrected chi connectivity index (χ2v) is 19.2. The molecule has 2 atom stereocenters. The van der Waals surface area contributed by atoms with Gasteiger partial charge in [-0.15, -0.1) is 22.7 Å². The van der Waals surface area contributed by atoms with E-state index in [2.05, 4.69) is 215 Å². The van der Waals surface area contributed by atoms with Crippen LogP contribution in [0.5, 0.6) is 0 Å². The second kappa shape index (κ2) is 14.0. The van der Waals surface area contributed by atoms with Gasteiger partial charge in [-0.1, -0.05) is 152 Å². The van der Waals surface area contributed by atoms with Crippen molar-refractivity contribution in [2.24, 2.45) is 4.99 Å². The second-order valence-electron chi connectivity index (χ2n) is 17.0. The van der Waals surface area contributed by atoms with Gasteiger partial charge in [0, 0.05) is 85.2 Å². The summed E-state index contributed by atoms with van der Waals surface area (Å²) in [6.45, 7) is 0. The van der Waals surface area contributed by atoms with Crippen LogP contribution in [0.4, 0.5) is 0 Å². The number of fused-ring (bicyclic) bond motifs is 14. The van der Waals surface area contributed by atoms with Crippen LogP contribution < -0.4 is 5.32 Å². The van der Waals surface area contributed by atoms with Crippen molar-refractivity contribution in [2.75, 3.05) is 0 Å². The molecule has 1 aliphatic carbocycles. The number of nitrogens with zero attached hydrogens (tertiary/aromatic N) is 3. The van der Waals surface area contributed by atoms with Crippen LogP contribution in [-0.4, -0.2) is 21.0 Å². The average Bonchev–Trinajstić information content (AvgIpc) is 4.12. The number of aromatic nitrogens is 2. The summed E-state index contributed by atoms with van der Waals surface area (Å²) in [6.07, 6.45) is 7.62. The molecule has 302 valence electrons. The zero-order valence-electron chi connectivity index (χ0n) is 34.6. The van der Waals surface area contributed by atoms with E-state index in [0.717, 1.165) is 34.5 Å². The van der Waals surface area contributed by atoms with Crippen LogP contribution in [0, 0.1) is 0 Å². The Morgan fingerprint density at radius 2 is 1.02 bits per heavy atom. The number of hydrogen-bond donors (Lipinski definition) is 1. The summed E-state index contributed by atoms with van der Waals surface area (Å²) in [7, 11) is 0. The number of hydrogen-bond acceptors (Lipinski definition) is 4. The number of benzene rings is 8. The predicted molar refractivity (Wildman–Crippen MR) is 275 cm³/mol. The highest BCUT2D eigenvalue weighted by atomic mass is 32.1. The normalized spacial score (nSPS) is 16.9. The summed E-state index contributed by atoms with van der Waals surface area (Å²) in [5.41, 5.74) is 11.7. The molecule has 5 heterocycles. The van der Waals surface area contributed by atoms with Gasteiger partial charge >= 0.3 is 0 Å². The third kappa shape index (κ3) is 5.36. The fourth-order valence-corrected chi connectivity index (χ4v) is 13.0. The van der Waals surface area contributed by atoms with Crippen LogP contribution >= 0.6 is 22.7 Å². The summed E-state index contributed by atoms with van der Waals surface area (Å²) in [6, 6.07) is 66.5. The van der Waals surface area contributed by atoms with E-state index in [0.29, 0.717) is 0 Å². The Labute approximate surface area is 376 Å². The monoisotopic (exact) mass is 854 g/mol. The molecule has 6 heteroatoms. The highest BCUT2D eigenvalue weighted by Gasteiger charge is 2.30. The van der Waals surface area contributed by atoms with Gasteiger partial charge in [0.25, 0.3) is 0 Å². The Hall–Kier alpha value is -7.51. The maximum Gasteiger partial charge on any atom is 0.145 e. The minimum atomic E-state index is -0.349. The molecule has 1 aliphatic heterocycles. The van der Waals surface area contributed by atoms with Crippen molar-refractivity contribution in [1.82, 2.24) is 14.5 Å². The Kier molecular flexibility index (Phi) is 7.88. The zero-order valence-corrected chi connectivity index (χ0v) is 36.2. The fraction of sp³-hybridized carbons (Fsp3) is 0.0517. The topological polar surface area (TPSA) is 34.2 Å². The molecule has 0 radical (unpaired) electrons. The van der Waals surface area contributed by atoms with Crippen molar-refractivity contribution in [3.8, 4) is 0 Å². The lowest BCUT2D eigenvalue weighted by molar-refractivity contribution is 0.621. The lowest BCUT2D eigenvalue weighted by atomic mass is 9.94. The average molecular weight is 855 g/mol. The largest absolute Gasteiger partial charge is 0.360 e. The Bertz CT molecular complexity index is 4020. The minimum absolute atomic E-state index is 0.0421. The van der Waals surface area contributed by atoms with Crippen LogP contribution in [0.25, 0.3) is 95.4 Å². The van der Waals surface area contributed by atoms with E-state index >= 15 is 0 Å². The molecule has 2 aliphatic rings. The SMILES string of the molecule is C1=C(c2ccccc2)NC(C2=CC(n3c4ccccc4c4ccc5sc6ccccc6c5c43)CC(n3c4ccccc4c4ccc5sc6ccccc6c5c43)=C2)N=C1c1ccccc1. The number of allylic oxidation sites excluding steroid dienone is 3. The molecule has 0 saturated heterocycles. The van der Waals surface area contributed by atoms with Crippen molar-refractivity contribution in [3.05, 3.63) is 217 Å². The Morgan fingerprint density at radius 3 is 1.70 bits per heavy atom. The molecule has 12 aromatic rings. The first-order valence-electron chi connectivity index (χ1n) is 22.0.